The lowest BCUT2D eigenvalue weighted by Gasteiger charge is -2.05. The number of hydrogen-bond acceptors (Lipinski definition) is 3. The summed E-state index contributed by atoms with van der Waals surface area (Å²) >= 11 is 4.88. The van der Waals surface area contributed by atoms with E-state index in [4.69, 9.17) is 4.74 Å². The van der Waals surface area contributed by atoms with Crippen molar-refractivity contribution < 1.29 is 9.53 Å². The first-order chi connectivity index (χ1) is 6.70. The summed E-state index contributed by atoms with van der Waals surface area (Å²) in [7, 11) is 0. The van der Waals surface area contributed by atoms with Gasteiger partial charge in [0.25, 0.3) is 0 Å². The van der Waals surface area contributed by atoms with Crippen LogP contribution in [0.25, 0.3) is 0 Å². The number of hydrogen-bond donors (Lipinski definition) is 0. The smallest absolute Gasteiger partial charge is 0.338 e. The second-order valence-corrected chi connectivity index (χ2v) is 5.88. The normalized spacial score (nSPS) is 12.1. The minimum absolute atomic E-state index is 0.272. The Bertz CT molecular complexity index is 287. The van der Waals surface area contributed by atoms with Gasteiger partial charge in [0.05, 0.1) is 9.72 Å². The van der Waals surface area contributed by atoms with Gasteiger partial charge in [-0.3, -0.25) is 0 Å². The third-order valence-corrected chi connectivity index (χ3v) is 3.00. The second kappa shape index (κ2) is 6.09. The summed E-state index contributed by atoms with van der Waals surface area (Å²) in [5, 5.41) is 0. The van der Waals surface area contributed by atoms with E-state index in [9.17, 15) is 4.79 Å². The molecule has 0 aliphatic rings. The van der Waals surface area contributed by atoms with Crippen molar-refractivity contribution in [2.45, 2.75) is 11.1 Å². The number of ether oxygens (including phenoxy) is 1. The molecule has 0 N–H and O–H groups in total. The lowest BCUT2D eigenvalue weighted by molar-refractivity contribution is 0.0579. The molecule has 4 heteroatoms. The van der Waals surface area contributed by atoms with Gasteiger partial charge in [0.1, 0.15) is 5.94 Å². The van der Waals surface area contributed by atoms with Gasteiger partial charge >= 0.3 is 5.97 Å². The summed E-state index contributed by atoms with van der Waals surface area (Å²) in [5.74, 6) is 0.103. The molecule has 1 aromatic carbocycles. The molecule has 0 saturated carbocycles. The molecular weight excluding hydrogens is 264 g/mol. The predicted octanol–water partition coefficient (Wildman–Crippen LogP) is 3.28. The standard InChI is InChI=1S/C10H11BrO2S/c1-8(11)14-7-13-10(12)9-5-3-2-4-6-9/h2-6,8H,7H2,1H3. The fourth-order valence-electron chi connectivity index (χ4n) is 0.839. The van der Waals surface area contributed by atoms with Gasteiger partial charge in [0.2, 0.25) is 0 Å². The molecule has 0 saturated heterocycles. The van der Waals surface area contributed by atoms with Crippen LogP contribution in [0.15, 0.2) is 30.3 Å². The van der Waals surface area contributed by atoms with Crippen LogP contribution in [0, 0.1) is 0 Å². The summed E-state index contributed by atoms with van der Waals surface area (Å²) in [6, 6.07) is 8.98. The highest BCUT2D eigenvalue weighted by Gasteiger charge is 2.05. The Kier molecular flexibility index (Phi) is 5.04. The molecule has 0 aromatic heterocycles. The highest BCUT2D eigenvalue weighted by atomic mass is 79.9. The zero-order valence-corrected chi connectivity index (χ0v) is 10.2. The Morgan fingerprint density at radius 1 is 1.50 bits per heavy atom. The quantitative estimate of drug-likeness (QED) is 0.479. The molecule has 76 valence electrons. The first-order valence-electron chi connectivity index (χ1n) is 4.18. The van der Waals surface area contributed by atoms with Gasteiger partial charge in [0.15, 0.2) is 0 Å². The summed E-state index contributed by atoms with van der Waals surface area (Å²) in [6.07, 6.45) is 0. The number of carbonyl (C=O) groups is 1. The van der Waals surface area contributed by atoms with Crippen LogP contribution in [0.2, 0.25) is 0 Å². The van der Waals surface area contributed by atoms with Crippen LogP contribution in [0.3, 0.4) is 0 Å². The Morgan fingerprint density at radius 3 is 2.71 bits per heavy atom. The molecule has 14 heavy (non-hydrogen) atoms. The van der Waals surface area contributed by atoms with Crippen LogP contribution in [0.4, 0.5) is 0 Å². The van der Waals surface area contributed by atoms with Gasteiger partial charge in [-0.2, -0.15) is 0 Å². The van der Waals surface area contributed by atoms with Crippen molar-refractivity contribution >= 4 is 33.7 Å². The molecule has 0 fully saturated rings. The maximum absolute atomic E-state index is 11.4. The van der Waals surface area contributed by atoms with Crippen molar-refractivity contribution in [1.29, 1.82) is 0 Å². The molecule has 0 aliphatic heterocycles. The van der Waals surface area contributed by atoms with Gasteiger partial charge < -0.3 is 4.74 Å². The molecule has 0 aliphatic carbocycles. The minimum Gasteiger partial charge on any atom is -0.451 e. The number of carbonyl (C=O) groups excluding carboxylic acids is 1. The van der Waals surface area contributed by atoms with Crippen LogP contribution in [0.1, 0.15) is 17.3 Å². The van der Waals surface area contributed by atoms with E-state index < -0.39 is 0 Å². The number of halogens is 1. The molecular formula is C10H11BrO2S. The summed E-state index contributed by atoms with van der Waals surface area (Å²) in [5.41, 5.74) is 0.593. The van der Waals surface area contributed by atoms with Crippen LogP contribution < -0.4 is 0 Å². The van der Waals surface area contributed by atoms with E-state index in [1.807, 2.05) is 25.1 Å². The predicted molar refractivity (Wildman–Crippen MR) is 62.7 cm³/mol. The summed E-state index contributed by atoms with van der Waals surface area (Å²) in [6.45, 7) is 1.99. The van der Waals surface area contributed by atoms with E-state index in [1.165, 1.54) is 11.8 Å². The van der Waals surface area contributed by atoms with Gasteiger partial charge in [-0.25, -0.2) is 4.79 Å². The molecule has 1 aromatic rings. The number of benzene rings is 1. The molecule has 0 amide bonds. The zero-order valence-electron chi connectivity index (χ0n) is 7.77. The van der Waals surface area contributed by atoms with Crippen molar-refractivity contribution in [3.63, 3.8) is 0 Å². The lowest BCUT2D eigenvalue weighted by Crippen LogP contribution is -2.05. The average molecular weight is 275 g/mol. The number of rotatable bonds is 4. The van der Waals surface area contributed by atoms with Crippen LogP contribution in [-0.2, 0) is 4.74 Å². The van der Waals surface area contributed by atoms with E-state index in [-0.39, 0.29) is 5.97 Å². The van der Waals surface area contributed by atoms with E-state index >= 15 is 0 Å². The molecule has 0 bridgehead atoms. The largest absolute Gasteiger partial charge is 0.451 e. The average Bonchev–Trinajstić information content (AvgIpc) is 2.18. The van der Waals surface area contributed by atoms with Crippen molar-refractivity contribution in [2.24, 2.45) is 0 Å². The third kappa shape index (κ3) is 4.15. The van der Waals surface area contributed by atoms with Crippen LogP contribution in [0.5, 0.6) is 0 Å². The van der Waals surface area contributed by atoms with E-state index in [1.54, 1.807) is 12.1 Å². The van der Waals surface area contributed by atoms with Crippen LogP contribution >= 0.6 is 27.7 Å². The van der Waals surface area contributed by atoms with Gasteiger partial charge in [-0.1, -0.05) is 34.1 Å². The minimum atomic E-state index is -0.272. The van der Waals surface area contributed by atoms with Crippen molar-refractivity contribution in [2.75, 3.05) is 5.94 Å². The van der Waals surface area contributed by atoms with Crippen molar-refractivity contribution in [1.82, 2.24) is 0 Å². The van der Waals surface area contributed by atoms with E-state index in [0.717, 1.165) is 0 Å². The van der Waals surface area contributed by atoms with Crippen LogP contribution in [-0.4, -0.2) is 16.1 Å². The SMILES string of the molecule is CC(Br)SCOC(=O)c1ccccc1. The van der Waals surface area contributed by atoms with E-state index in [0.29, 0.717) is 15.7 Å². The summed E-state index contributed by atoms with van der Waals surface area (Å²) < 4.78 is 5.33. The molecule has 0 spiro atoms. The molecule has 1 rings (SSSR count). The van der Waals surface area contributed by atoms with Gasteiger partial charge in [-0.15, -0.1) is 11.8 Å². The monoisotopic (exact) mass is 274 g/mol. The van der Waals surface area contributed by atoms with E-state index in [2.05, 4.69) is 15.9 Å². The first kappa shape index (κ1) is 11.6. The van der Waals surface area contributed by atoms with Crippen molar-refractivity contribution in [3.8, 4) is 0 Å². The number of alkyl halides is 1. The highest BCUT2D eigenvalue weighted by Crippen LogP contribution is 2.16. The lowest BCUT2D eigenvalue weighted by atomic mass is 10.2. The maximum Gasteiger partial charge on any atom is 0.338 e. The molecule has 0 radical (unpaired) electrons. The number of thioether (sulfide) groups is 1. The maximum atomic E-state index is 11.4. The Labute approximate surface area is 96.2 Å². The van der Waals surface area contributed by atoms with Gasteiger partial charge in [0, 0.05) is 0 Å². The fraction of sp³-hybridized carbons (Fsp3) is 0.300. The Balaban J connectivity index is 2.36. The molecule has 2 nitrogen and oxygen atoms in total. The first-order valence-corrected chi connectivity index (χ1v) is 6.14. The van der Waals surface area contributed by atoms with Gasteiger partial charge in [-0.05, 0) is 19.1 Å². The number of esters is 1. The molecule has 1 unspecified atom stereocenters. The highest BCUT2D eigenvalue weighted by molar-refractivity contribution is 9.11. The van der Waals surface area contributed by atoms with Crippen molar-refractivity contribution in [3.05, 3.63) is 35.9 Å². The third-order valence-electron chi connectivity index (χ3n) is 1.50. The zero-order chi connectivity index (χ0) is 10.4. The topological polar surface area (TPSA) is 26.3 Å². The summed E-state index contributed by atoms with van der Waals surface area (Å²) in [4.78, 5) is 11.4. The molecule has 1 atom stereocenters. The Morgan fingerprint density at radius 2 is 2.14 bits per heavy atom. The fourth-order valence-corrected chi connectivity index (χ4v) is 1.53. The Hall–Kier alpha value is -0.480. The second-order valence-electron chi connectivity index (χ2n) is 2.63. The molecule has 0 heterocycles.